The molecule has 0 aliphatic carbocycles. The van der Waals surface area contributed by atoms with Gasteiger partial charge in [-0.3, -0.25) is 9.69 Å². The molecule has 0 bridgehead atoms. The highest BCUT2D eigenvalue weighted by atomic mass is 32.2. The summed E-state index contributed by atoms with van der Waals surface area (Å²) in [5, 5.41) is 2.80. The molecule has 0 spiro atoms. The lowest BCUT2D eigenvalue weighted by molar-refractivity contribution is -0.122. The van der Waals surface area contributed by atoms with Crippen LogP contribution in [0, 0.1) is 5.92 Å². The molecule has 0 radical (unpaired) electrons. The second-order valence-electron chi connectivity index (χ2n) is 7.52. The summed E-state index contributed by atoms with van der Waals surface area (Å²) in [7, 11) is -3.11. The first kappa shape index (κ1) is 20.9. The molecule has 1 amide bonds. The molecule has 1 unspecified atom stereocenters. The molecule has 1 aliphatic heterocycles. The predicted octanol–water partition coefficient (Wildman–Crippen LogP) is 1.30. The third-order valence-electron chi connectivity index (χ3n) is 4.88. The molecular formula is C19H31N3O3S. The molecule has 0 saturated carbocycles. The van der Waals surface area contributed by atoms with E-state index < -0.39 is 15.9 Å². The van der Waals surface area contributed by atoms with Gasteiger partial charge in [-0.15, -0.1) is 0 Å². The predicted molar refractivity (Wildman–Crippen MR) is 104 cm³/mol. The van der Waals surface area contributed by atoms with E-state index in [1.807, 2.05) is 12.1 Å². The van der Waals surface area contributed by atoms with Crippen molar-refractivity contribution in [2.24, 2.45) is 11.7 Å². The molecule has 1 fully saturated rings. The van der Waals surface area contributed by atoms with Gasteiger partial charge < -0.3 is 11.1 Å². The minimum absolute atomic E-state index is 0.0779. The Kier molecular flexibility index (Phi) is 7.61. The Morgan fingerprint density at radius 1 is 1.31 bits per heavy atom. The van der Waals surface area contributed by atoms with Crippen LogP contribution in [0.5, 0.6) is 0 Å². The number of carbonyl (C=O) groups excluding carboxylic acids is 1. The van der Waals surface area contributed by atoms with Crippen molar-refractivity contribution in [2.45, 2.75) is 45.3 Å². The number of rotatable bonds is 8. The second kappa shape index (κ2) is 9.48. The van der Waals surface area contributed by atoms with Gasteiger partial charge in [0.25, 0.3) is 0 Å². The zero-order chi connectivity index (χ0) is 19.2. The van der Waals surface area contributed by atoms with Crippen LogP contribution in [-0.2, 0) is 27.7 Å². The summed E-state index contributed by atoms with van der Waals surface area (Å²) in [6.07, 6.45) is 3.78. The van der Waals surface area contributed by atoms with Crippen molar-refractivity contribution in [1.29, 1.82) is 0 Å². The lowest BCUT2D eigenvalue weighted by Crippen LogP contribution is -2.41. The number of nitrogens with zero attached hydrogens (tertiary/aromatic N) is 1. The van der Waals surface area contributed by atoms with Gasteiger partial charge in [0.2, 0.25) is 5.91 Å². The average molecular weight is 382 g/mol. The van der Waals surface area contributed by atoms with Crippen molar-refractivity contribution in [1.82, 2.24) is 10.2 Å². The number of nitrogens with one attached hydrogen (secondary N) is 1. The highest BCUT2D eigenvalue weighted by Gasteiger charge is 2.17. The molecule has 2 rings (SSSR count). The first-order valence-corrected chi connectivity index (χ1v) is 11.3. The monoisotopic (exact) mass is 381 g/mol. The molecule has 1 aromatic carbocycles. The van der Waals surface area contributed by atoms with Crippen LogP contribution in [0.1, 0.15) is 37.3 Å². The highest BCUT2D eigenvalue weighted by Crippen LogP contribution is 2.18. The van der Waals surface area contributed by atoms with Crippen LogP contribution in [-0.4, -0.2) is 50.4 Å². The number of benzene rings is 1. The second-order valence-corrected chi connectivity index (χ2v) is 9.78. The molecule has 1 heterocycles. The van der Waals surface area contributed by atoms with E-state index >= 15 is 0 Å². The van der Waals surface area contributed by atoms with Gasteiger partial charge in [0.05, 0.1) is 11.8 Å². The van der Waals surface area contributed by atoms with Crippen molar-refractivity contribution in [3.63, 3.8) is 0 Å². The van der Waals surface area contributed by atoms with E-state index in [0.29, 0.717) is 6.54 Å². The van der Waals surface area contributed by atoms with E-state index in [2.05, 4.69) is 29.3 Å². The number of hydrogen-bond donors (Lipinski definition) is 2. The number of carbonyl (C=O) groups is 1. The van der Waals surface area contributed by atoms with E-state index in [1.165, 1.54) is 18.4 Å². The Bertz CT molecular complexity index is 698. The van der Waals surface area contributed by atoms with Gasteiger partial charge >= 0.3 is 0 Å². The average Bonchev–Trinajstić information content (AvgIpc) is 2.59. The fraction of sp³-hybridized carbons (Fsp3) is 0.632. The number of nitrogens with two attached hydrogens (primary N) is 1. The molecule has 1 saturated heterocycles. The van der Waals surface area contributed by atoms with E-state index in [1.54, 1.807) is 0 Å². The quantitative estimate of drug-likeness (QED) is 0.708. The molecule has 146 valence electrons. The SMILES string of the molecule is CC1CCN(Cc2cccc(CNC(=O)C(N)CCS(C)(=O)=O)c2)CC1. The molecule has 6 nitrogen and oxygen atoms in total. The van der Waals surface area contributed by atoms with Gasteiger partial charge in [0.1, 0.15) is 9.84 Å². The molecule has 3 N–H and O–H groups in total. The normalized spacial score (nSPS) is 17.8. The van der Waals surface area contributed by atoms with E-state index in [4.69, 9.17) is 5.73 Å². The van der Waals surface area contributed by atoms with Crippen LogP contribution in [0.3, 0.4) is 0 Å². The van der Waals surface area contributed by atoms with Crippen molar-refractivity contribution in [3.05, 3.63) is 35.4 Å². The van der Waals surface area contributed by atoms with Crippen LogP contribution in [0.15, 0.2) is 24.3 Å². The minimum atomic E-state index is -3.11. The van der Waals surface area contributed by atoms with Crippen molar-refractivity contribution >= 4 is 15.7 Å². The van der Waals surface area contributed by atoms with Crippen molar-refractivity contribution < 1.29 is 13.2 Å². The van der Waals surface area contributed by atoms with Crippen LogP contribution in [0.25, 0.3) is 0 Å². The third-order valence-corrected chi connectivity index (χ3v) is 5.85. The molecule has 7 heteroatoms. The Morgan fingerprint density at radius 2 is 1.96 bits per heavy atom. The molecule has 1 atom stereocenters. The van der Waals surface area contributed by atoms with Gasteiger partial charge in [0.15, 0.2) is 0 Å². The fourth-order valence-corrected chi connectivity index (χ4v) is 3.79. The summed E-state index contributed by atoms with van der Waals surface area (Å²) in [6.45, 7) is 5.91. The molecular weight excluding hydrogens is 350 g/mol. The lowest BCUT2D eigenvalue weighted by atomic mass is 9.98. The van der Waals surface area contributed by atoms with E-state index in [-0.39, 0.29) is 18.1 Å². The molecule has 1 aliphatic rings. The summed E-state index contributed by atoms with van der Waals surface area (Å²) in [5.74, 6) is 0.426. The van der Waals surface area contributed by atoms with Gasteiger partial charge in [-0.05, 0) is 49.4 Å². The van der Waals surface area contributed by atoms with Crippen LogP contribution < -0.4 is 11.1 Å². The summed E-state index contributed by atoms with van der Waals surface area (Å²) in [5.41, 5.74) is 8.04. The van der Waals surface area contributed by atoms with Crippen LogP contribution >= 0.6 is 0 Å². The summed E-state index contributed by atoms with van der Waals surface area (Å²) >= 11 is 0. The van der Waals surface area contributed by atoms with E-state index in [0.717, 1.165) is 37.4 Å². The largest absolute Gasteiger partial charge is 0.351 e. The molecule has 26 heavy (non-hydrogen) atoms. The Labute approximate surface area is 157 Å². The van der Waals surface area contributed by atoms with Crippen molar-refractivity contribution in [3.8, 4) is 0 Å². The van der Waals surface area contributed by atoms with Crippen LogP contribution in [0.4, 0.5) is 0 Å². The number of hydrogen-bond acceptors (Lipinski definition) is 5. The fourth-order valence-electron chi connectivity index (χ4n) is 3.11. The first-order chi connectivity index (χ1) is 12.2. The maximum absolute atomic E-state index is 12.0. The lowest BCUT2D eigenvalue weighted by Gasteiger charge is -2.30. The number of amides is 1. The third kappa shape index (κ3) is 7.43. The molecule has 0 aromatic heterocycles. The van der Waals surface area contributed by atoms with Crippen molar-refractivity contribution in [2.75, 3.05) is 25.1 Å². The van der Waals surface area contributed by atoms with Gasteiger partial charge in [-0.25, -0.2) is 8.42 Å². The minimum Gasteiger partial charge on any atom is -0.351 e. The standard InChI is InChI=1S/C19H31N3O3S/c1-15-6-9-22(10-7-15)14-17-5-3-4-16(12-17)13-21-19(23)18(20)8-11-26(2,24)25/h3-5,12,15,18H,6-11,13-14,20H2,1-2H3,(H,21,23). The topological polar surface area (TPSA) is 92.5 Å². The summed E-state index contributed by atoms with van der Waals surface area (Å²) < 4.78 is 22.3. The zero-order valence-electron chi connectivity index (χ0n) is 15.8. The highest BCUT2D eigenvalue weighted by molar-refractivity contribution is 7.90. The Hall–Kier alpha value is -1.44. The smallest absolute Gasteiger partial charge is 0.237 e. The van der Waals surface area contributed by atoms with E-state index in [9.17, 15) is 13.2 Å². The Morgan fingerprint density at radius 3 is 2.62 bits per heavy atom. The summed E-state index contributed by atoms with van der Waals surface area (Å²) in [6, 6.07) is 7.40. The number of likely N-dealkylation sites (tertiary alicyclic amines) is 1. The van der Waals surface area contributed by atoms with Gasteiger partial charge in [-0.2, -0.15) is 0 Å². The zero-order valence-corrected chi connectivity index (χ0v) is 16.6. The maximum atomic E-state index is 12.0. The van der Waals surface area contributed by atoms with Gasteiger partial charge in [0, 0.05) is 19.3 Å². The summed E-state index contributed by atoms with van der Waals surface area (Å²) in [4.78, 5) is 14.5. The number of sulfone groups is 1. The maximum Gasteiger partial charge on any atom is 0.237 e. The van der Waals surface area contributed by atoms with Crippen LogP contribution in [0.2, 0.25) is 0 Å². The molecule has 1 aromatic rings. The van der Waals surface area contributed by atoms with Gasteiger partial charge in [-0.1, -0.05) is 31.2 Å². The number of piperidine rings is 1. The Balaban J connectivity index is 1.81. The first-order valence-electron chi connectivity index (χ1n) is 9.24.